The summed E-state index contributed by atoms with van der Waals surface area (Å²) < 4.78 is 3.71. The number of nitrogens with one attached hydrogen (secondary N) is 4. The van der Waals surface area contributed by atoms with E-state index in [4.69, 9.17) is 5.11 Å². The van der Waals surface area contributed by atoms with E-state index in [9.17, 15) is 19.8 Å². The van der Waals surface area contributed by atoms with Crippen molar-refractivity contribution in [1.82, 2.24) is 60.8 Å². The van der Waals surface area contributed by atoms with E-state index in [1.807, 2.05) is 107 Å². The Balaban J connectivity index is 0.000000181. The number of azo groups is 2. The van der Waals surface area contributed by atoms with Gasteiger partial charge in [-0.1, -0.05) is 78.5 Å². The maximum atomic E-state index is 13.2. The molecule has 0 bridgehead atoms. The summed E-state index contributed by atoms with van der Waals surface area (Å²) in [6, 6.07) is 36.4. The highest BCUT2D eigenvalue weighted by Gasteiger charge is 2.17. The first kappa shape index (κ1) is 53.5. The first-order chi connectivity index (χ1) is 36.9. The number of phenolic OH excluding ortho intramolecular Hbond substituents is 1. The van der Waals surface area contributed by atoms with Gasteiger partial charge in [0.1, 0.15) is 12.2 Å². The van der Waals surface area contributed by atoms with Crippen LogP contribution >= 0.6 is 0 Å². The van der Waals surface area contributed by atoms with Crippen LogP contribution in [0.3, 0.4) is 0 Å². The van der Waals surface area contributed by atoms with Crippen LogP contribution in [0.1, 0.15) is 33.6 Å². The second-order valence-electron chi connectivity index (χ2n) is 19.1. The van der Waals surface area contributed by atoms with Gasteiger partial charge in [0.2, 0.25) is 11.6 Å². The van der Waals surface area contributed by atoms with E-state index in [1.54, 1.807) is 56.3 Å². The molecule has 6 N–H and O–H groups in total. The molecule has 0 aliphatic heterocycles. The van der Waals surface area contributed by atoms with E-state index in [-0.39, 0.29) is 52.0 Å². The number of aromatic nitrogens is 12. The zero-order chi connectivity index (χ0) is 55.0. The number of benzene rings is 6. The Morgan fingerprint density at radius 1 is 0.545 bits per heavy atom. The standard InChI is InChI=1S/2C25H22N8O2.C5H14NO/c2*1-14-10-11-19(12-15(14)2)33-25(35)22(16(3)30-33)27-26-21-9-5-8-20(23(21)34)17-6-4-7-18(13-17)24-28-31-32-29-24;1-6(2,3)4-5-7/h2*4-13,30,34H,1-3H3,(H,28,29,31,32);7H,4-5H2,1-3H3/q;;+1/p-1. The smallest absolute Gasteiger partial charge is 0.299 e. The Morgan fingerprint density at radius 3 is 1.43 bits per heavy atom. The number of aromatic hydroxyl groups is 1. The van der Waals surface area contributed by atoms with Crippen molar-refractivity contribution >= 4 is 22.7 Å². The maximum Gasteiger partial charge on any atom is 0.299 e. The third-order valence-corrected chi connectivity index (χ3v) is 12.4. The lowest BCUT2D eigenvalue weighted by molar-refractivity contribution is -0.870. The first-order valence-electron chi connectivity index (χ1n) is 24.2. The number of nitrogens with zero attached hydrogens (tertiary/aromatic N) is 13. The molecule has 4 heterocycles. The zero-order valence-electron chi connectivity index (χ0n) is 43.9. The molecule has 0 aliphatic rings. The fourth-order valence-corrected chi connectivity index (χ4v) is 7.81. The Labute approximate surface area is 441 Å². The van der Waals surface area contributed by atoms with Crippen LogP contribution in [0.25, 0.3) is 56.4 Å². The van der Waals surface area contributed by atoms with Gasteiger partial charge in [0.25, 0.3) is 11.1 Å². The van der Waals surface area contributed by atoms with Crippen LogP contribution in [0.15, 0.2) is 151 Å². The van der Waals surface area contributed by atoms with Gasteiger partial charge in [-0.3, -0.25) is 19.8 Å². The minimum Gasteiger partial charge on any atom is -0.871 e. The predicted molar refractivity (Wildman–Crippen MR) is 291 cm³/mol. The van der Waals surface area contributed by atoms with E-state index in [2.05, 4.69) is 93.0 Å². The third kappa shape index (κ3) is 12.4. The summed E-state index contributed by atoms with van der Waals surface area (Å²) in [5.74, 6) is 0.525. The molecule has 0 unspecified atom stereocenters. The Morgan fingerprint density at radius 2 is 0.987 bits per heavy atom. The summed E-state index contributed by atoms with van der Waals surface area (Å²) in [6.07, 6.45) is 0. The Bertz CT molecular complexity index is 3620. The van der Waals surface area contributed by atoms with Gasteiger partial charge in [-0.15, -0.1) is 35.7 Å². The number of tetrazole rings is 2. The fourth-order valence-electron chi connectivity index (χ4n) is 7.81. The van der Waals surface area contributed by atoms with Gasteiger partial charge in [0.15, 0.2) is 17.1 Å². The number of hydrogen-bond acceptors (Lipinski definition) is 15. The number of H-pyrrole nitrogens is 4. The number of aliphatic hydroxyl groups is 1. The van der Waals surface area contributed by atoms with Crippen LogP contribution in [-0.2, 0) is 0 Å². The second kappa shape index (κ2) is 23.2. The molecular weight excluding hydrogens is 979 g/mol. The molecule has 10 aromatic rings. The van der Waals surface area contributed by atoms with E-state index in [0.717, 1.165) is 50.0 Å². The third-order valence-electron chi connectivity index (χ3n) is 12.4. The molecule has 10 rings (SSSR count). The number of phenols is 1. The first-order valence-corrected chi connectivity index (χ1v) is 24.2. The molecule has 6 aromatic carbocycles. The number of aromatic amines is 4. The summed E-state index contributed by atoms with van der Waals surface area (Å²) >= 11 is 0. The minimum atomic E-state index is -0.342. The van der Waals surface area contributed by atoms with Crippen molar-refractivity contribution in [2.75, 3.05) is 34.3 Å². The van der Waals surface area contributed by atoms with Crippen LogP contribution in [0, 0.1) is 41.5 Å². The van der Waals surface area contributed by atoms with E-state index in [1.165, 1.54) is 9.36 Å². The Kier molecular flexibility index (Phi) is 16.1. The number of para-hydroxylation sites is 2. The van der Waals surface area contributed by atoms with Crippen LogP contribution in [0.5, 0.6) is 11.5 Å². The van der Waals surface area contributed by atoms with Crippen molar-refractivity contribution in [2.24, 2.45) is 20.5 Å². The highest BCUT2D eigenvalue weighted by Crippen LogP contribution is 2.39. The topological polar surface area (TPSA) is 297 Å². The molecule has 0 fully saturated rings. The number of quaternary nitrogens is 1. The molecular formula is C55H57N17O5. The SMILES string of the molecule is C[N+](C)(C)CCO.Cc1ccc(-n2[nH]c(C)c(N=Nc3cccc(-c4cccc(-c5nn[nH]n5)c4)c3O)c2=O)cc1C.Cc1ccc(-n2[nH]c(C)c(N=Nc3cccc(-c4cccc(-c5nn[nH]n5)c4)c3[O-])c2=O)cc1C. The highest BCUT2D eigenvalue weighted by atomic mass is 16.3. The average Bonchev–Trinajstić information content (AvgIpc) is 4.25. The quantitative estimate of drug-likeness (QED) is 0.0495. The monoisotopic (exact) mass is 1040 g/mol. The minimum absolute atomic E-state index is 0.0517. The molecule has 0 amide bonds. The average molecular weight is 1040 g/mol. The molecule has 0 spiro atoms. The number of aryl methyl sites for hydroxylation is 6. The molecule has 0 atom stereocenters. The zero-order valence-corrected chi connectivity index (χ0v) is 43.9. The largest absolute Gasteiger partial charge is 0.871 e. The van der Waals surface area contributed by atoms with E-state index >= 15 is 0 Å². The van der Waals surface area contributed by atoms with Crippen molar-refractivity contribution in [3.63, 3.8) is 0 Å². The maximum absolute atomic E-state index is 13.2. The summed E-state index contributed by atoms with van der Waals surface area (Å²) in [6.45, 7) is 12.6. The van der Waals surface area contributed by atoms with Crippen molar-refractivity contribution < 1.29 is 19.8 Å². The lowest BCUT2D eigenvalue weighted by Crippen LogP contribution is -2.36. The molecule has 4 aromatic heterocycles. The summed E-state index contributed by atoms with van der Waals surface area (Å²) in [7, 11) is 6.16. The highest BCUT2D eigenvalue weighted by molar-refractivity contribution is 5.80. The number of aliphatic hydroxyl groups excluding tert-OH is 1. The van der Waals surface area contributed by atoms with Gasteiger partial charge in [0.05, 0.1) is 56.2 Å². The van der Waals surface area contributed by atoms with Crippen LogP contribution in [0.4, 0.5) is 22.7 Å². The van der Waals surface area contributed by atoms with Gasteiger partial charge in [0, 0.05) is 16.7 Å². The molecule has 22 heteroatoms. The molecule has 0 aliphatic carbocycles. The number of likely N-dealkylation sites (N-methyl/N-ethyl adjacent to an activating group) is 1. The number of rotatable bonds is 12. The molecule has 0 saturated carbocycles. The van der Waals surface area contributed by atoms with Crippen LogP contribution < -0.4 is 16.2 Å². The molecule has 392 valence electrons. The van der Waals surface area contributed by atoms with Crippen molar-refractivity contribution in [1.29, 1.82) is 0 Å². The van der Waals surface area contributed by atoms with E-state index < -0.39 is 0 Å². The summed E-state index contributed by atoms with van der Waals surface area (Å²) in [4.78, 5) is 26.0. The van der Waals surface area contributed by atoms with Crippen LogP contribution in [-0.4, -0.2) is 110 Å². The summed E-state index contributed by atoms with van der Waals surface area (Å²) in [5, 5.41) is 83.2. The Hall–Kier alpha value is -9.80. The lowest BCUT2D eigenvalue weighted by atomic mass is 10.0. The van der Waals surface area contributed by atoms with E-state index in [0.29, 0.717) is 51.1 Å². The van der Waals surface area contributed by atoms with Gasteiger partial charge in [-0.2, -0.15) is 15.5 Å². The van der Waals surface area contributed by atoms with Crippen LogP contribution in [0.2, 0.25) is 0 Å². The summed E-state index contributed by atoms with van der Waals surface area (Å²) in [5.41, 5.74) is 10.9. The van der Waals surface area contributed by atoms with Gasteiger partial charge >= 0.3 is 0 Å². The number of hydrogen-bond donors (Lipinski definition) is 6. The molecule has 77 heavy (non-hydrogen) atoms. The predicted octanol–water partition coefficient (Wildman–Crippen LogP) is 9.17. The van der Waals surface area contributed by atoms with Crippen molar-refractivity contribution in [3.8, 4) is 67.9 Å². The lowest BCUT2D eigenvalue weighted by Gasteiger charge is -2.21. The molecule has 0 saturated heterocycles. The second-order valence-corrected chi connectivity index (χ2v) is 19.1. The van der Waals surface area contributed by atoms with Gasteiger partial charge in [-0.05, 0) is 139 Å². The van der Waals surface area contributed by atoms with Gasteiger partial charge in [-0.25, -0.2) is 9.36 Å². The van der Waals surface area contributed by atoms with Gasteiger partial charge < -0.3 is 19.8 Å². The fraction of sp³-hybridized carbons (Fsp3) is 0.200. The molecule has 22 nitrogen and oxygen atoms in total. The van der Waals surface area contributed by atoms with Crippen molar-refractivity contribution in [3.05, 3.63) is 176 Å². The molecule has 0 radical (unpaired) electrons. The van der Waals surface area contributed by atoms with Crippen molar-refractivity contribution in [2.45, 2.75) is 41.5 Å². The normalized spacial score (nSPS) is 11.5.